The molecule has 0 radical (unpaired) electrons. The van der Waals surface area contributed by atoms with Crippen LogP contribution >= 0.6 is 11.6 Å². The van der Waals surface area contributed by atoms with Crippen LogP contribution in [0, 0.1) is 0 Å². The summed E-state index contributed by atoms with van der Waals surface area (Å²) in [5.41, 5.74) is 1.20. The van der Waals surface area contributed by atoms with Crippen LogP contribution in [0.3, 0.4) is 0 Å². The molecular formula is C15H11ClF3N5O2. The first-order valence-electron chi connectivity index (χ1n) is 7.25. The van der Waals surface area contributed by atoms with Gasteiger partial charge in [-0.05, 0) is 29.0 Å². The maximum atomic E-state index is 12.6. The Morgan fingerprint density at radius 1 is 1.42 bits per heavy atom. The lowest BCUT2D eigenvalue weighted by Gasteiger charge is -2.12. The molecule has 0 bridgehead atoms. The van der Waals surface area contributed by atoms with E-state index in [2.05, 4.69) is 20.4 Å². The molecule has 2 aromatic rings. The number of nitrogens with zero attached hydrogens (tertiary/aromatic N) is 5. The molecule has 0 amide bonds. The number of carbonyl (C=O) groups is 1. The number of hydrogen-bond acceptors (Lipinski definition) is 6. The van der Waals surface area contributed by atoms with Gasteiger partial charge in [-0.3, -0.25) is 4.98 Å². The quantitative estimate of drug-likeness (QED) is 0.752. The Balaban J connectivity index is 1.91. The van der Waals surface area contributed by atoms with Crippen molar-refractivity contribution < 1.29 is 22.7 Å². The van der Waals surface area contributed by atoms with Gasteiger partial charge in [0.15, 0.2) is 0 Å². The van der Waals surface area contributed by atoms with E-state index in [1.807, 2.05) is 0 Å². The van der Waals surface area contributed by atoms with Crippen LogP contribution < -0.4 is 0 Å². The number of tetrazole rings is 1. The lowest BCUT2D eigenvalue weighted by atomic mass is 9.98. The number of halogens is 4. The Labute approximate surface area is 150 Å². The third-order valence-electron chi connectivity index (χ3n) is 3.59. The van der Waals surface area contributed by atoms with E-state index in [0.29, 0.717) is 16.3 Å². The van der Waals surface area contributed by atoms with Crippen LogP contribution in [-0.2, 0) is 22.3 Å². The highest BCUT2D eigenvalue weighted by molar-refractivity contribution is 6.31. The molecule has 1 unspecified atom stereocenters. The number of methoxy groups -OCH3 is 1. The zero-order valence-electron chi connectivity index (χ0n) is 13.2. The lowest BCUT2D eigenvalue weighted by Crippen LogP contribution is -2.11. The van der Waals surface area contributed by atoms with Gasteiger partial charge in [-0.2, -0.15) is 18.0 Å². The highest BCUT2D eigenvalue weighted by atomic mass is 35.5. The maximum Gasteiger partial charge on any atom is 0.455 e. The zero-order chi connectivity index (χ0) is 18.9. The van der Waals surface area contributed by atoms with E-state index in [9.17, 15) is 18.0 Å². The average Bonchev–Trinajstić information content (AvgIpc) is 3.22. The van der Waals surface area contributed by atoms with Crippen molar-refractivity contribution in [3.05, 3.63) is 58.2 Å². The van der Waals surface area contributed by atoms with Crippen LogP contribution in [0.4, 0.5) is 13.2 Å². The second-order valence-corrected chi connectivity index (χ2v) is 5.73. The number of alkyl halides is 3. The van der Waals surface area contributed by atoms with E-state index < -0.39 is 23.9 Å². The summed E-state index contributed by atoms with van der Waals surface area (Å²) >= 11 is 6.14. The van der Waals surface area contributed by atoms with Gasteiger partial charge in [0.25, 0.3) is 5.82 Å². The van der Waals surface area contributed by atoms with Crippen LogP contribution in [0.1, 0.15) is 17.4 Å². The second kappa shape index (κ2) is 6.87. The molecule has 0 fully saturated rings. The molecule has 2 aromatic heterocycles. The van der Waals surface area contributed by atoms with Crippen LogP contribution in [-0.4, -0.2) is 38.3 Å². The molecule has 136 valence electrons. The van der Waals surface area contributed by atoms with Crippen molar-refractivity contribution in [2.45, 2.75) is 18.6 Å². The van der Waals surface area contributed by atoms with Crippen LogP contribution in [0.5, 0.6) is 0 Å². The molecule has 26 heavy (non-hydrogen) atoms. The summed E-state index contributed by atoms with van der Waals surface area (Å²) in [7, 11) is 1.23. The smallest absolute Gasteiger partial charge is 0.455 e. The molecular weight excluding hydrogens is 375 g/mol. The van der Waals surface area contributed by atoms with Crippen molar-refractivity contribution in [2.24, 2.45) is 0 Å². The summed E-state index contributed by atoms with van der Waals surface area (Å²) in [4.78, 5) is 17.0. The monoisotopic (exact) mass is 385 g/mol. The van der Waals surface area contributed by atoms with E-state index in [-0.39, 0.29) is 12.1 Å². The Morgan fingerprint density at radius 2 is 2.19 bits per heavy atom. The molecule has 3 rings (SSSR count). The molecule has 0 N–H and O–H groups in total. The number of ether oxygens (including phenoxy) is 1. The highest BCUT2D eigenvalue weighted by Gasteiger charge is 2.37. The Morgan fingerprint density at radius 3 is 2.81 bits per heavy atom. The molecule has 2 heterocycles. The normalized spacial score (nSPS) is 17.0. The van der Waals surface area contributed by atoms with Crippen molar-refractivity contribution in [3.63, 3.8) is 0 Å². The van der Waals surface area contributed by atoms with Crippen molar-refractivity contribution >= 4 is 17.6 Å². The Hall–Kier alpha value is -2.75. The minimum Gasteiger partial charge on any atom is -0.466 e. The molecule has 0 aliphatic heterocycles. The molecule has 0 aromatic carbocycles. The SMILES string of the molecule is COC(=O)C1=CC(Cn2nnc(C(F)(F)F)n2)=CC1c1ncccc1Cl. The van der Waals surface area contributed by atoms with E-state index in [4.69, 9.17) is 16.3 Å². The zero-order valence-corrected chi connectivity index (χ0v) is 14.0. The number of aromatic nitrogens is 5. The fourth-order valence-electron chi connectivity index (χ4n) is 2.48. The van der Waals surface area contributed by atoms with Crippen molar-refractivity contribution in [3.8, 4) is 0 Å². The first kappa shape index (κ1) is 18.1. The number of carbonyl (C=O) groups excluding carboxylic acids is 1. The minimum absolute atomic E-state index is 0.107. The van der Waals surface area contributed by atoms with Crippen LogP contribution in [0.2, 0.25) is 5.02 Å². The maximum absolute atomic E-state index is 12.6. The summed E-state index contributed by atoms with van der Waals surface area (Å²) in [5, 5.41) is 10.00. The fourth-order valence-corrected chi connectivity index (χ4v) is 2.72. The highest BCUT2D eigenvalue weighted by Crippen LogP contribution is 2.36. The number of allylic oxidation sites excluding steroid dienone is 3. The van der Waals surface area contributed by atoms with E-state index >= 15 is 0 Å². The fraction of sp³-hybridized carbons (Fsp3) is 0.267. The number of hydrogen-bond donors (Lipinski definition) is 0. The van der Waals surface area contributed by atoms with E-state index in [1.54, 1.807) is 18.2 Å². The lowest BCUT2D eigenvalue weighted by molar-refractivity contribution is -0.145. The second-order valence-electron chi connectivity index (χ2n) is 5.32. The largest absolute Gasteiger partial charge is 0.466 e. The molecule has 1 atom stereocenters. The number of esters is 1. The molecule has 0 saturated carbocycles. The molecule has 11 heteroatoms. The van der Waals surface area contributed by atoms with Gasteiger partial charge in [-0.1, -0.05) is 17.7 Å². The van der Waals surface area contributed by atoms with Gasteiger partial charge in [-0.15, -0.1) is 10.2 Å². The topological polar surface area (TPSA) is 82.8 Å². The van der Waals surface area contributed by atoms with Crippen molar-refractivity contribution in [2.75, 3.05) is 7.11 Å². The third-order valence-corrected chi connectivity index (χ3v) is 3.91. The number of pyridine rings is 1. The van der Waals surface area contributed by atoms with Crippen molar-refractivity contribution in [1.82, 2.24) is 25.2 Å². The summed E-state index contributed by atoms with van der Waals surface area (Å²) in [6.45, 7) is -0.107. The molecule has 1 aliphatic rings. The van der Waals surface area contributed by atoms with Gasteiger partial charge >= 0.3 is 12.1 Å². The summed E-state index contributed by atoms with van der Waals surface area (Å²) in [5.74, 6) is -2.51. The Kier molecular flexibility index (Phi) is 4.77. The van der Waals surface area contributed by atoms with Crippen LogP contribution in [0.15, 0.2) is 41.6 Å². The standard InChI is InChI=1S/C15H11ClF3N5O2/c1-26-13(25)10-6-8(5-9(10)12-11(16)3-2-4-20-12)7-24-22-14(21-23-24)15(17,18)19/h2-6,9H,7H2,1H3. The predicted molar refractivity (Wildman–Crippen MR) is 83.0 cm³/mol. The van der Waals surface area contributed by atoms with Gasteiger partial charge in [0.1, 0.15) is 0 Å². The summed E-state index contributed by atoms with van der Waals surface area (Å²) in [6.07, 6.45) is -0.00884. The summed E-state index contributed by atoms with van der Waals surface area (Å²) in [6, 6.07) is 3.27. The van der Waals surface area contributed by atoms with Gasteiger partial charge in [0.2, 0.25) is 0 Å². The van der Waals surface area contributed by atoms with E-state index in [1.165, 1.54) is 19.4 Å². The Bertz CT molecular complexity index is 907. The molecule has 0 saturated heterocycles. The van der Waals surface area contributed by atoms with E-state index in [0.717, 1.165) is 4.80 Å². The predicted octanol–water partition coefficient (Wildman–Crippen LogP) is 2.56. The van der Waals surface area contributed by atoms with Gasteiger partial charge in [0, 0.05) is 6.20 Å². The minimum atomic E-state index is -4.68. The third kappa shape index (κ3) is 3.59. The number of rotatable bonds is 4. The first-order valence-corrected chi connectivity index (χ1v) is 7.63. The van der Waals surface area contributed by atoms with Gasteiger partial charge in [0.05, 0.1) is 35.9 Å². The van der Waals surface area contributed by atoms with Gasteiger partial charge < -0.3 is 4.74 Å². The molecule has 1 aliphatic carbocycles. The van der Waals surface area contributed by atoms with Crippen molar-refractivity contribution in [1.29, 1.82) is 0 Å². The average molecular weight is 386 g/mol. The van der Waals surface area contributed by atoms with Gasteiger partial charge in [-0.25, -0.2) is 4.79 Å². The van der Waals surface area contributed by atoms with Crippen LogP contribution in [0.25, 0.3) is 0 Å². The molecule has 0 spiro atoms. The first-order chi connectivity index (χ1) is 12.3. The summed E-state index contributed by atoms with van der Waals surface area (Å²) < 4.78 is 42.5. The molecule has 7 nitrogen and oxygen atoms in total.